The molecule has 0 fully saturated rings. The monoisotopic (exact) mass is 393 g/mol. The van der Waals surface area contributed by atoms with Crippen LogP contribution in [0.5, 0.6) is 0 Å². The first-order valence-corrected chi connectivity index (χ1v) is 11.0. The van der Waals surface area contributed by atoms with Crippen molar-refractivity contribution in [3.8, 4) is 11.1 Å². The Morgan fingerprint density at radius 3 is 1.79 bits per heavy atom. The summed E-state index contributed by atoms with van der Waals surface area (Å²) in [5, 5.41) is 0. The third-order valence-corrected chi connectivity index (χ3v) is 7.67. The Balaban J connectivity index is 1.59. The van der Waals surface area contributed by atoms with E-state index in [4.69, 9.17) is 0 Å². The second kappa shape index (κ2) is 7.38. The summed E-state index contributed by atoms with van der Waals surface area (Å²) >= 11 is 0. The Kier molecular flexibility index (Phi) is 4.57. The molecule has 0 saturated heterocycles. The second-order valence-corrected chi connectivity index (χ2v) is 9.38. The van der Waals surface area contributed by atoms with E-state index in [-0.39, 0.29) is 16.7 Å². The van der Waals surface area contributed by atoms with Gasteiger partial charge in [0.25, 0.3) is 0 Å². The molecule has 1 aliphatic carbocycles. The summed E-state index contributed by atoms with van der Waals surface area (Å²) < 4.78 is 0. The van der Waals surface area contributed by atoms with E-state index < -0.39 is 0 Å². The zero-order chi connectivity index (χ0) is 19.8. The van der Waals surface area contributed by atoms with Crippen LogP contribution in [0, 0.1) is 0 Å². The Bertz CT molecular complexity index is 1160. The predicted molar refractivity (Wildman–Crippen MR) is 120 cm³/mol. The summed E-state index contributed by atoms with van der Waals surface area (Å²) in [7, 11) is -0.138. The lowest BCUT2D eigenvalue weighted by molar-refractivity contribution is 0.101. The molecule has 1 nitrogen and oxygen atoms in total. The molecule has 4 aromatic carbocycles. The van der Waals surface area contributed by atoms with Crippen LogP contribution in [-0.2, 0) is 17.3 Å². The van der Waals surface area contributed by atoms with Gasteiger partial charge in [0.15, 0.2) is 20.5 Å². The molecular weight excluding hydrogens is 372 g/mol. The van der Waals surface area contributed by atoms with Crippen LogP contribution in [0.2, 0.25) is 0 Å². The fourth-order valence-electron chi connectivity index (χ4n) is 4.05. The minimum absolute atomic E-state index is 0.124. The van der Waals surface area contributed by atoms with Crippen molar-refractivity contribution in [3.63, 3.8) is 0 Å². The molecule has 0 N–H and O–H groups in total. The molecule has 5 rings (SSSR count). The predicted octanol–water partition coefficient (Wildman–Crippen LogP) is 6.56. The van der Waals surface area contributed by atoms with Gasteiger partial charge < -0.3 is 0 Å². The highest BCUT2D eigenvalue weighted by Gasteiger charge is 2.30. The molecule has 0 amide bonds. The number of carbonyl (C=O) groups is 1. The smallest absolute Gasteiger partial charge is 0.166 e. The van der Waals surface area contributed by atoms with Crippen molar-refractivity contribution in [2.75, 3.05) is 0 Å². The molecule has 4 aromatic rings. The normalized spacial score (nSPS) is 11.9. The van der Waals surface area contributed by atoms with Gasteiger partial charge in [-0.25, -0.2) is 0 Å². The van der Waals surface area contributed by atoms with Crippen molar-refractivity contribution < 1.29 is 4.79 Å². The fourth-order valence-corrected chi connectivity index (χ4v) is 6.19. The molecule has 0 aliphatic heterocycles. The first-order chi connectivity index (χ1) is 14.2. The van der Waals surface area contributed by atoms with Crippen molar-refractivity contribution >= 4 is 16.7 Å². The summed E-state index contributed by atoms with van der Waals surface area (Å²) in [6.07, 6.45) is 0.889. The van der Waals surface area contributed by atoms with Gasteiger partial charge in [-0.3, -0.25) is 4.79 Å². The van der Waals surface area contributed by atoms with Crippen molar-refractivity contribution in [3.05, 3.63) is 114 Å². The largest absolute Gasteiger partial charge is 0.295 e. The van der Waals surface area contributed by atoms with Crippen molar-refractivity contribution in [2.45, 2.75) is 28.0 Å². The number of benzene rings is 4. The zero-order valence-corrected chi connectivity index (χ0v) is 17.1. The van der Waals surface area contributed by atoms with E-state index in [0.29, 0.717) is 0 Å². The fraction of sp³-hybridized carbons (Fsp3) is 0.0741. The van der Waals surface area contributed by atoms with Crippen LogP contribution < -0.4 is 0 Å². The first kappa shape index (κ1) is 18.0. The van der Waals surface area contributed by atoms with E-state index in [2.05, 4.69) is 91.0 Å². The van der Waals surface area contributed by atoms with Crippen molar-refractivity contribution in [1.82, 2.24) is 0 Å². The summed E-state index contributed by atoms with van der Waals surface area (Å²) in [5.74, 6) is 0.124. The number of carbonyl (C=O) groups excluding carboxylic acids is 1. The maximum absolute atomic E-state index is 11.8. The molecule has 0 spiro atoms. The summed E-state index contributed by atoms with van der Waals surface area (Å²) in [5.41, 5.74) is 5.95. The number of hydrogen-bond donors (Lipinski definition) is 0. The van der Waals surface area contributed by atoms with Crippen LogP contribution in [-0.4, -0.2) is 5.78 Å². The molecule has 0 atom stereocenters. The third kappa shape index (κ3) is 3.30. The minimum atomic E-state index is -0.138. The Labute approximate surface area is 174 Å². The van der Waals surface area contributed by atoms with Crippen LogP contribution in [0.15, 0.2) is 112 Å². The van der Waals surface area contributed by atoms with Gasteiger partial charge in [0.1, 0.15) is 0 Å². The first-order valence-electron chi connectivity index (χ1n) is 9.82. The number of Topliss-reactive ketones (excluding diaryl/α,β-unsaturated/α-hetero) is 1. The lowest BCUT2D eigenvalue weighted by atomic mass is 10.0. The third-order valence-electron chi connectivity index (χ3n) is 5.45. The van der Waals surface area contributed by atoms with Gasteiger partial charge in [-0.2, -0.15) is 0 Å². The molecule has 1 aliphatic rings. The van der Waals surface area contributed by atoms with Gasteiger partial charge in [0, 0.05) is 5.56 Å². The van der Waals surface area contributed by atoms with E-state index in [9.17, 15) is 4.79 Å². The second-order valence-electron chi connectivity index (χ2n) is 7.36. The van der Waals surface area contributed by atoms with Crippen LogP contribution in [0.4, 0.5) is 0 Å². The number of hydrogen-bond acceptors (Lipinski definition) is 1. The van der Waals surface area contributed by atoms with Gasteiger partial charge in [0.05, 0.1) is 10.9 Å². The summed E-state index contributed by atoms with van der Waals surface area (Å²) in [4.78, 5) is 15.8. The molecular formula is C27H21OS+. The molecule has 0 heterocycles. The van der Waals surface area contributed by atoms with Gasteiger partial charge in [-0.15, -0.1) is 0 Å². The SMILES string of the molecule is CC(=O)c1ccc2c(c1)Cc1cc([S+](c3ccccc3)c3ccccc3)ccc1-2. The molecule has 0 saturated carbocycles. The lowest BCUT2D eigenvalue weighted by Gasteiger charge is -2.09. The van der Waals surface area contributed by atoms with Gasteiger partial charge in [0.2, 0.25) is 0 Å². The number of rotatable bonds is 4. The maximum Gasteiger partial charge on any atom is 0.166 e. The lowest BCUT2D eigenvalue weighted by Crippen LogP contribution is -2.05. The topological polar surface area (TPSA) is 17.1 Å². The molecule has 29 heavy (non-hydrogen) atoms. The van der Waals surface area contributed by atoms with E-state index in [1.807, 2.05) is 6.07 Å². The van der Waals surface area contributed by atoms with E-state index in [0.717, 1.165) is 12.0 Å². The molecule has 140 valence electrons. The van der Waals surface area contributed by atoms with Gasteiger partial charge in [-0.05, 0) is 84.1 Å². The quantitative estimate of drug-likeness (QED) is 0.250. The highest BCUT2D eigenvalue weighted by Crippen LogP contribution is 2.40. The highest BCUT2D eigenvalue weighted by molar-refractivity contribution is 7.97. The molecule has 2 heteroatoms. The Morgan fingerprint density at radius 1 is 0.655 bits per heavy atom. The van der Waals surface area contributed by atoms with Crippen LogP contribution in [0.1, 0.15) is 28.4 Å². The number of fused-ring (bicyclic) bond motifs is 3. The molecule has 0 bridgehead atoms. The van der Waals surface area contributed by atoms with E-state index >= 15 is 0 Å². The van der Waals surface area contributed by atoms with E-state index in [1.54, 1.807) is 6.92 Å². The van der Waals surface area contributed by atoms with E-state index in [1.165, 1.54) is 36.9 Å². The average Bonchev–Trinajstić information content (AvgIpc) is 3.12. The highest BCUT2D eigenvalue weighted by atomic mass is 32.2. The minimum Gasteiger partial charge on any atom is -0.295 e. The summed E-state index contributed by atoms with van der Waals surface area (Å²) in [6, 6.07) is 34.5. The van der Waals surface area contributed by atoms with Crippen LogP contribution >= 0.6 is 0 Å². The Hall–Kier alpha value is -3.10. The average molecular weight is 394 g/mol. The molecule has 0 unspecified atom stereocenters. The Morgan fingerprint density at radius 2 is 1.21 bits per heavy atom. The van der Waals surface area contributed by atoms with Crippen molar-refractivity contribution in [1.29, 1.82) is 0 Å². The van der Waals surface area contributed by atoms with Gasteiger partial charge >= 0.3 is 0 Å². The van der Waals surface area contributed by atoms with Crippen molar-refractivity contribution in [2.24, 2.45) is 0 Å². The standard InChI is InChI=1S/C27H21OS/c1-19(28)20-12-14-26-21(16-20)17-22-18-25(13-15-27(22)26)29(23-8-4-2-5-9-23)24-10-6-3-7-11-24/h2-16,18H,17H2,1H3/q+1. The van der Waals surface area contributed by atoms with Crippen LogP contribution in [0.3, 0.4) is 0 Å². The zero-order valence-electron chi connectivity index (χ0n) is 16.3. The van der Waals surface area contributed by atoms with Crippen LogP contribution in [0.25, 0.3) is 11.1 Å². The van der Waals surface area contributed by atoms with Gasteiger partial charge in [-0.1, -0.05) is 48.5 Å². The maximum atomic E-state index is 11.8. The number of ketones is 1. The summed E-state index contributed by atoms with van der Waals surface area (Å²) in [6.45, 7) is 1.63. The molecule has 0 radical (unpaired) electrons. The molecule has 0 aromatic heterocycles.